The van der Waals surface area contributed by atoms with Gasteiger partial charge in [-0.3, -0.25) is 4.79 Å². The molecule has 0 saturated heterocycles. The molecule has 0 atom stereocenters. The number of nitrogens with two attached hydrogens (primary N) is 1. The molecular formula is C15H22N2O2S. The van der Waals surface area contributed by atoms with Gasteiger partial charge in [-0.05, 0) is 30.5 Å². The molecule has 1 aromatic carbocycles. The molecule has 0 fully saturated rings. The smallest absolute Gasteiger partial charge is 0.257 e. The van der Waals surface area contributed by atoms with Crippen LogP contribution < -0.4 is 5.73 Å². The number of rotatable bonds is 6. The Morgan fingerprint density at radius 3 is 2.60 bits per heavy atom. The highest BCUT2D eigenvalue weighted by Crippen LogP contribution is 2.21. The lowest BCUT2D eigenvalue weighted by molar-refractivity contribution is 0.0738. The summed E-state index contributed by atoms with van der Waals surface area (Å²) in [6.07, 6.45) is 0.487. The first kappa shape index (κ1) is 16.4. The number of phenolic OH excluding ortho intramolecular Hbond substituents is 1. The van der Waals surface area contributed by atoms with Crippen LogP contribution in [-0.2, 0) is 0 Å². The molecule has 1 amide bonds. The van der Waals surface area contributed by atoms with Crippen LogP contribution in [0.15, 0.2) is 18.2 Å². The van der Waals surface area contributed by atoms with Gasteiger partial charge in [-0.2, -0.15) is 0 Å². The summed E-state index contributed by atoms with van der Waals surface area (Å²) in [7, 11) is 0. The van der Waals surface area contributed by atoms with Gasteiger partial charge in [-0.25, -0.2) is 0 Å². The van der Waals surface area contributed by atoms with Gasteiger partial charge in [0.25, 0.3) is 5.91 Å². The van der Waals surface area contributed by atoms with Gasteiger partial charge in [-0.1, -0.05) is 32.1 Å². The summed E-state index contributed by atoms with van der Waals surface area (Å²) >= 11 is 4.86. The lowest BCUT2D eigenvalue weighted by atomic mass is 10.1. The minimum Gasteiger partial charge on any atom is -0.507 e. The third kappa shape index (κ3) is 4.81. The Bertz CT molecular complexity index is 501. The first-order valence-electron chi connectivity index (χ1n) is 6.68. The fraction of sp³-hybridized carbons (Fsp3) is 0.467. The lowest BCUT2D eigenvalue weighted by Crippen LogP contribution is -2.36. The number of carbonyl (C=O) groups is 1. The van der Waals surface area contributed by atoms with E-state index in [2.05, 4.69) is 0 Å². The molecule has 0 aliphatic rings. The largest absolute Gasteiger partial charge is 0.507 e. The molecule has 5 heteroatoms. The van der Waals surface area contributed by atoms with E-state index < -0.39 is 0 Å². The predicted octanol–water partition coefficient (Wildman–Crippen LogP) is 2.48. The summed E-state index contributed by atoms with van der Waals surface area (Å²) < 4.78 is 0. The van der Waals surface area contributed by atoms with Crippen LogP contribution >= 0.6 is 12.2 Å². The van der Waals surface area contributed by atoms with Crippen molar-refractivity contribution in [1.29, 1.82) is 0 Å². The van der Waals surface area contributed by atoms with Crippen LogP contribution in [0.1, 0.15) is 36.2 Å². The molecule has 0 aliphatic carbocycles. The van der Waals surface area contributed by atoms with E-state index in [-0.39, 0.29) is 11.7 Å². The monoisotopic (exact) mass is 294 g/mol. The van der Waals surface area contributed by atoms with Gasteiger partial charge in [0.15, 0.2) is 0 Å². The predicted molar refractivity (Wildman–Crippen MR) is 85.0 cm³/mol. The molecule has 4 nitrogen and oxygen atoms in total. The minimum absolute atomic E-state index is 0.0130. The van der Waals surface area contributed by atoms with E-state index in [4.69, 9.17) is 18.0 Å². The molecule has 20 heavy (non-hydrogen) atoms. The van der Waals surface area contributed by atoms with E-state index in [1.165, 1.54) is 0 Å². The normalized spacial score (nSPS) is 10.6. The maximum absolute atomic E-state index is 12.5. The number of hydrogen-bond donors (Lipinski definition) is 2. The Balaban J connectivity index is 2.93. The van der Waals surface area contributed by atoms with Crippen LogP contribution in [0, 0.1) is 12.8 Å². The molecule has 0 bridgehead atoms. The lowest BCUT2D eigenvalue weighted by Gasteiger charge is -2.25. The van der Waals surface area contributed by atoms with E-state index >= 15 is 0 Å². The van der Waals surface area contributed by atoms with E-state index in [1.54, 1.807) is 17.0 Å². The average molecular weight is 294 g/mol. The van der Waals surface area contributed by atoms with Gasteiger partial charge in [-0.15, -0.1) is 0 Å². The number of phenols is 1. The highest BCUT2D eigenvalue weighted by molar-refractivity contribution is 7.80. The second-order valence-electron chi connectivity index (χ2n) is 5.38. The average Bonchev–Trinajstić information content (AvgIpc) is 2.33. The van der Waals surface area contributed by atoms with Gasteiger partial charge in [0, 0.05) is 19.5 Å². The molecule has 0 unspecified atom stereocenters. The van der Waals surface area contributed by atoms with Crippen LogP contribution in [0.25, 0.3) is 0 Å². The number of benzene rings is 1. The van der Waals surface area contributed by atoms with E-state index in [1.807, 2.05) is 26.8 Å². The molecule has 0 spiro atoms. The third-order valence-corrected chi connectivity index (χ3v) is 3.09. The number of nitrogens with zero attached hydrogens (tertiary/aromatic N) is 1. The van der Waals surface area contributed by atoms with Crippen molar-refractivity contribution >= 4 is 23.1 Å². The Hall–Kier alpha value is -1.62. The first-order chi connectivity index (χ1) is 9.31. The van der Waals surface area contributed by atoms with Gasteiger partial charge >= 0.3 is 0 Å². The maximum atomic E-state index is 12.5. The highest BCUT2D eigenvalue weighted by Gasteiger charge is 2.19. The van der Waals surface area contributed by atoms with E-state index in [0.29, 0.717) is 36.0 Å². The fourth-order valence-electron chi connectivity index (χ4n) is 1.95. The minimum atomic E-state index is -0.188. The van der Waals surface area contributed by atoms with E-state index in [9.17, 15) is 9.90 Å². The van der Waals surface area contributed by atoms with Crippen LogP contribution in [0.5, 0.6) is 5.75 Å². The molecule has 0 aliphatic heterocycles. The zero-order valence-electron chi connectivity index (χ0n) is 12.2. The summed E-state index contributed by atoms with van der Waals surface area (Å²) in [4.78, 5) is 14.6. The van der Waals surface area contributed by atoms with Crippen molar-refractivity contribution in [2.45, 2.75) is 27.2 Å². The van der Waals surface area contributed by atoms with Crippen LogP contribution in [0.3, 0.4) is 0 Å². The fourth-order valence-corrected chi connectivity index (χ4v) is 2.05. The zero-order valence-corrected chi connectivity index (χ0v) is 13.0. The van der Waals surface area contributed by atoms with Gasteiger partial charge in [0.05, 0.1) is 10.6 Å². The van der Waals surface area contributed by atoms with Gasteiger partial charge in [0.2, 0.25) is 0 Å². The number of carbonyl (C=O) groups excluding carboxylic acids is 1. The first-order valence-corrected chi connectivity index (χ1v) is 7.09. The van der Waals surface area contributed by atoms with Crippen molar-refractivity contribution in [3.8, 4) is 5.75 Å². The van der Waals surface area contributed by atoms with Crippen molar-refractivity contribution in [2.24, 2.45) is 11.7 Å². The van der Waals surface area contributed by atoms with Gasteiger partial charge in [0.1, 0.15) is 5.75 Å². The Labute approximate surface area is 125 Å². The second-order valence-corrected chi connectivity index (χ2v) is 5.91. The molecule has 0 heterocycles. The van der Waals surface area contributed by atoms with Gasteiger partial charge < -0.3 is 15.7 Å². The Morgan fingerprint density at radius 2 is 2.10 bits per heavy atom. The molecular weight excluding hydrogens is 272 g/mol. The topological polar surface area (TPSA) is 66.6 Å². The van der Waals surface area contributed by atoms with Crippen LogP contribution in [-0.4, -0.2) is 34.0 Å². The Morgan fingerprint density at radius 1 is 1.45 bits per heavy atom. The molecule has 1 aromatic rings. The number of aryl methyl sites for hydroxylation is 1. The quantitative estimate of drug-likeness (QED) is 0.791. The molecule has 110 valence electrons. The van der Waals surface area contributed by atoms with Crippen molar-refractivity contribution in [3.05, 3.63) is 29.3 Å². The van der Waals surface area contributed by atoms with E-state index in [0.717, 1.165) is 5.56 Å². The van der Waals surface area contributed by atoms with Crippen LogP contribution in [0.2, 0.25) is 0 Å². The highest BCUT2D eigenvalue weighted by atomic mass is 32.1. The number of thiocarbonyl (C=S) groups is 1. The van der Waals surface area contributed by atoms with Crippen LogP contribution in [0.4, 0.5) is 0 Å². The van der Waals surface area contributed by atoms with Crippen molar-refractivity contribution in [1.82, 2.24) is 4.90 Å². The maximum Gasteiger partial charge on any atom is 0.257 e. The van der Waals surface area contributed by atoms with Crippen molar-refractivity contribution in [3.63, 3.8) is 0 Å². The molecule has 1 rings (SSSR count). The molecule has 0 aromatic heterocycles. The molecule has 3 N–H and O–H groups in total. The molecule has 0 saturated carbocycles. The molecule has 0 radical (unpaired) electrons. The number of hydrogen-bond acceptors (Lipinski definition) is 3. The standard InChI is InChI=1S/C15H22N2O2S/c1-10(2)9-17(7-6-14(16)20)15(19)12-5-4-11(3)8-13(12)18/h4-5,8,10,18H,6-7,9H2,1-3H3,(H2,16,20). The summed E-state index contributed by atoms with van der Waals surface area (Å²) in [5.74, 6) is 0.157. The van der Waals surface area contributed by atoms with Crippen molar-refractivity contribution in [2.75, 3.05) is 13.1 Å². The SMILES string of the molecule is Cc1ccc(C(=O)N(CCC(N)=S)CC(C)C)c(O)c1. The third-order valence-electron chi connectivity index (χ3n) is 2.88. The van der Waals surface area contributed by atoms with Crippen molar-refractivity contribution < 1.29 is 9.90 Å². The number of amides is 1. The summed E-state index contributed by atoms with van der Waals surface area (Å²) in [5, 5.41) is 9.92. The summed E-state index contributed by atoms with van der Waals surface area (Å²) in [5.41, 5.74) is 6.74. The Kier molecular flexibility index (Phi) is 5.95. The zero-order chi connectivity index (χ0) is 15.3. The summed E-state index contributed by atoms with van der Waals surface area (Å²) in [6.45, 7) is 7.02. The summed E-state index contributed by atoms with van der Waals surface area (Å²) in [6, 6.07) is 5.06. The number of aromatic hydroxyl groups is 1. The second kappa shape index (κ2) is 7.24.